The second kappa shape index (κ2) is 12.7. The molecule has 3 aromatic carbocycles. The molecule has 5 rings (SSSR count). The number of methoxy groups -OCH3 is 1. The highest BCUT2D eigenvalue weighted by molar-refractivity contribution is 6.30. The number of carboxylic acid groups (broad SMARTS) is 1. The minimum atomic E-state index is -4.88. The number of anilines is 2. The highest BCUT2D eigenvalue weighted by Crippen LogP contribution is 2.57. The molecular formula is C33H33ClF3N3O6. The summed E-state index contributed by atoms with van der Waals surface area (Å²) in [5.41, 5.74) is 2.79. The van der Waals surface area contributed by atoms with Gasteiger partial charge in [-0.2, -0.15) is 0 Å². The van der Waals surface area contributed by atoms with E-state index in [0.717, 1.165) is 18.4 Å². The van der Waals surface area contributed by atoms with E-state index in [1.807, 2.05) is 0 Å². The van der Waals surface area contributed by atoms with E-state index in [2.05, 4.69) is 15.2 Å². The molecule has 2 atom stereocenters. The van der Waals surface area contributed by atoms with Gasteiger partial charge in [0.1, 0.15) is 17.5 Å². The number of hydrogen-bond donors (Lipinski definition) is 2. The summed E-state index contributed by atoms with van der Waals surface area (Å²) in [4.78, 5) is 32.8. The number of amides is 1. The molecule has 13 heteroatoms. The van der Waals surface area contributed by atoms with E-state index in [9.17, 15) is 27.9 Å². The molecule has 1 heterocycles. The Morgan fingerprint density at radius 2 is 1.74 bits per heavy atom. The van der Waals surface area contributed by atoms with Gasteiger partial charge in [0.25, 0.3) is 5.91 Å². The fourth-order valence-corrected chi connectivity index (χ4v) is 5.67. The van der Waals surface area contributed by atoms with Gasteiger partial charge in [-0.3, -0.25) is 4.79 Å². The maximum absolute atomic E-state index is 14.4. The second-order valence-electron chi connectivity index (χ2n) is 11.8. The Hall–Kier alpha value is -4.45. The third-order valence-corrected chi connectivity index (χ3v) is 8.37. The van der Waals surface area contributed by atoms with Crippen LogP contribution in [0.4, 0.5) is 24.5 Å². The number of oxime groups is 1. The normalized spacial score (nSPS) is 16.5. The van der Waals surface area contributed by atoms with Gasteiger partial charge in [-0.05, 0) is 61.2 Å². The molecule has 0 saturated heterocycles. The Kier molecular flexibility index (Phi) is 9.12. The lowest BCUT2D eigenvalue weighted by Gasteiger charge is -2.27. The van der Waals surface area contributed by atoms with Crippen molar-refractivity contribution in [2.24, 2.45) is 11.1 Å². The summed E-state index contributed by atoms with van der Waals surface area (Å²) >= 11 is 6.15. The Bertz CT molecular complexity index is 1660. The van der Waals surface area contributed by atoms with Gasteiger partial charge in [-0.25, -0.2) is 4.79 Å². The van der Waals surface area contributed by atoms with Gasteiger partial charge < -0.3 is 29.6 Å². The van der Waals surface area contributed by atoms with Gasteiger partial charge in [0, 0.05) is 46.3 Å². The zero-order chi connectivity index (χ0) is 33.4. The first-order chi connectivity index (χ1) is 21.7. The van der Waals surface area contributed by atoms with Crippen molar-refractivity contribution in [2.45, 2.75) is 57.5 Å². The van der Waals surface area contributed by atoms with Crippen molar-refractivity contribution in [1.82, 2.24) is 0 Å². The molecule has 3 aromatic rings. The van der Waals surface area contributed by atoms with Crippen LogP contribution in [-0.2, 0) is 19.8 Å². The average Bonchev–Trinajstić information content (AvgIpc) is 3.70. The first-order valence-electron chi connectivity index (χ1n) is 14.6. The van der Waals surface area contributed by atoms with Crippen LogP contribution in [-0.4, -0.2) is 48.8 Å². The Balaban J connectivity index is 1.50. The lowest BCUT2D eigenvalue weighted by atomic mass is 9.99. The quantitative estimate of drug-likeness (QED) is 0.164. The lowest BCUT2D eigenvalue weighted by molar-refractivity contribution is -0.274. The van der Waals surface area contributed by atoms with E-state index in [1.54, 1.807) is 69.3 Å². The van der Waals surface area contributed by atoms with Crippen LogP contribution in [0.15, 0.2) is 65.8 Å². The zero-order valence-electron chi connectivity index (χ0n) is 25.5. The summed E-state index contributed by atoms with van der Waals surface area (Å²) in [6.45, 7) is 5.38. The molecule has 0 radical (unpaired) electrons. The molecule has 1 amide bonds. The van der Waals surface area contributed by atoms with Crippen LogP contribution in [0.3, 0.4) is 0 Å². The van der Waals surface area contributed by atoms with E-state index < -0.39 is 36.1 Å². The molecule has 46 heavy (non-hydrogen) atoms. The standard InChI is InChI=1S/C33H33ClF3N3O6/c1-18(2)29(31(42)43)46-39-19(3)21-13-23(15-25(14-21)44-4)38-28(20-5-7-22(34)8-6-20)30(41)40-17-32(11-12-32)26-10-9-24(16-27(26)40)45-33(35,36)37/h5-10,13-16,18,28-29,38H,11-12,17H2,1-4H3,(H,42,43)/b39-19+. The number of carbonyl (C=O) groups is 2. The zero-order valence-corrected chi connectivity index (χ0v) is 26.3. The topological polar surface area (TPSA) is 110 Å². The minimum Gasteiger partial charge on any atom is -0.497 e. The van der Waals surface area contributed by atoms with Crippen molar-refractivity contribution >= 4 is 40.6 Å². The Morgan fingerprint density at radius 1 is 1.04 bits per heavy atom. The smallest absolute Gasteiger partial charge is 0.497 e. The first-order valence-corrected chi connectivity index (χ1v) is 14.9. The third-order valence-electron chi connectivity index (χ3n) is 8.12. The van der Waals surface area contributed by atoms with Crippen molar-refractivity contribution in [3.05, 3.63) is 82.4 Å². The van der Waals surface area contributed by atoms with Gasteiger partial charge in [0.2, 0.25) is 6.10 Å². The summed E-state index contributed by atoms with van der Waals surface area (Å²) in [7, 11) is 1.48. The molecule has 0 aromatic heterocycles. The molecule has 0 bridgehead atoms. The highest BCUT2D eigenvalue weighted by atomic mass is 35.5. The molecule has 1 aliphatic carbocycles. The third kappa shape index (κ3) is 7.17. The van der Waals surface area contributed by atoms with Crippen molar-refractivity contribution in [1.29, 1.82) is 0 Å². The Labute approximate surface area is 268 Å². The number of nitrogens with one attached hydrogen (secondary N) is 1. The van der Waals surface area contributed by atoms with Gasteiger partial charge in [-0.15, -0.1) is 13.2 Å². The van der Waals surface area contributed by atoms with Gasteiger partial charge in [0.05, 0.1) is 18.5 Å². The van der Waals surface area contributed by atoms with Crippen LogP contribution in [0.5, 0.6) is 11.5 Å². The summed E-state index contributed by atoms with van der Waals surface area (Å²) < 4.78 is 48.9. The predicted octanol–water partition coefficient (Wildman–Crippen LogP) is 7.33. The van der Waals surface area contributed by atoms with E-state index in [0.29, 0.717) is 45.5 Å². The summed E-state index contributed by atoms with van der Waals surface area (Å²) in [5, 5.41) is 17.2. The van der Waals surface area contributed by atoms with Crippen molar-refractivity contribution in [2.75, 3.05) is 23.9 Å². The van der Waals surface area contributed by atoms with Gasteiger partial charge in [-0.1, -0.05) is 48.8 Å². The molecule has 1 aliphatic heterocycles. The number of nitrogens with zero attached hydrogens (tertiary/aromatic N) is 2. The van der Waals surface area contributed by atoms with Crippen molar-refractivity contribution < 1.29 is 42.2 Å². The first kappa shape index (κ1) is 32.9. The number of carboxylic acids is 1. The maximum atomic E-state index is 14.4. The molecule has 9 nitrogen and oxygen atoms in total. The number of rotatable bonds is 11. The fourth-order valence-electron chi connectivity index (χ4n) is 5.54. The summed E-state index contributed by atoms with van der Waals surface area (Å²) in [6.07, 6.45) is -4.42. The van der Waals surface area contributed by atoms with Crippen LogP contribution in [0.2, 0.25) is 5.02 Å². The van der Waals surface area contributed by atoms with Gasteiger partial charge >= 0.3 is 12.3 Å². The van der Waals surface area contributed by atoms with Crippen LogP contribution in [0.1, 0.15) is 56.3 Å². The number of alkyl halides is 3. The molecule has 1 spiro atoms. The van der Waals surface area contributed by atoms with Gasteiger partial charge in [0.15, 0.2) is 0 Å². The maximum Gasteiger partial charge on any atom is 0.573 e. The fraction of sp³-hybridized carbons (Fsp3) is 0.364. The largest absolute Gasteiger partial charge is 0.573 e. The second-order valence-corrected chi connectivity index (χ2v) is 12.2. The number of benzene rings is 3. The van der Waals surface area contributed by atoms with E-state index in [4.69, 9.17) is 21.2 Å². The monoisotopic (exact) mass is 659 g/mol. The molecule has 1 saturated carbocycles. The average molecular weight is 660 g/mol. The number of aliphatic carboxylic acids is 1. The molecule has 2 unspecified atom stereocenters. The number of carbonyl (C=O) groups excluding carboxylic acids is 1. The highest BCUT2D eigenvalue weighted by Gasteiger charge is 2.54. The lowest BCUT2D eigenvalue weighted by Crippen LogP contribution is -2.38. The van der Waals surface area contributed by atoms with E-state index >= 15 is 0 Å². The number of fused-ring (bicyclic) bond motifs is 2. The number of hydrogen-bond acceptors (Lipinski definition) is 7. The minimum absolute atomic E-state index is 0.313. The van der Waals surface area contributed by atoms with Crippen LogP contribution in [0.25, 0.3) is 0 Å². The van der Waals surface area contributed by atoms with Crippen LogP contribution in [0, 0.1) is 5.92 Å². The summed E-state index contributed by atoms with van der Waals surface area (Å²) in [6, 6.07) is 14.9. The van der Waals surface area contributed by atoms with Crippen LogP contribution < -0.4 is 19.7 Å². The predicted molar refractivity (Wildman–Crippen MR) is 167 cm³/mol. The molecular weight excluding hydrogens is 627 g/mol. The van der Waals surface area contributed by atoms with E-state index in [1.165, 1.54) is 24.1 Å². The van der Waals surface area contributed by atoms with Crippen molar-refractivity contribution in [3.8, 4) is 11.5 Å². The Morgan fingerprint density at radius 3 is 2.33 bits per heavy atom. The van der Waals surface area contributed by atoms with Crippen LogP contribution >= 0.6 is 11.6 Å². The number of halogens is 4. The molecule has 2 aliphatic rings. The molecule has 1 fully saturated rings. The van der Waals surface area contributed by atoms with Crippen molar-refractivity contribution in [3.63, 3.8) is 0 Å². The molecule has 244 valence electrons. The van der Waals surface area contributed by atoms with E-state index in [-0.39, 0.29) is 11.3 Å². The molecule has 2 N–H and O–H groups in total. The SMILES string of the molecule is COc1cc(NC(C(=O)N2CC3(CC3)c3ccc(OC(F)(F)F)cc32)c2ccc(Cl)cc2)cc(/C(C)=N/OC(C(=O)O)C(C)C)c1. The summed E-state index contributed by atoms with van der Waals surface area (Å²) in [5.74, 6) is -1.85. The number of ether oxygens (including phenoxy) is 2.